The monoisotopic (exact) mass is 439 g/mol. The van der Waals surface area contributed by atoms with E-state index < -0.39 is 18.0 Å². The third-order valence-corrected chi connectivity index (χ3v) is 5.98. The summed E-state index contributed by atoms with van der Waals surface area (Å²) in [6.07, 6.45) is 12.8. The Balaban J connectivity index is 1.74. The molecular weight excluding hydrogens is 408 g/mol. The highest BCUT2D eigenvalue weighted by molar-refractivity contribution is 6.06. The standard InChI is InChI=1S/C24H30N4O4/c1-5-7-8-18(6-2)15-27(17(3)19-9-10-19)21(29)16-28-23(30)22(25-24(28)31)20-11-13-26(32-4)14-12-20/h5-8,11-14,17,19,22H,1,9-10,15-16H2,2-4H3/p+1/b8-7-,18-6+. The van der Waals surface area contributed by atoms with E-state index in [2.05, 4.69) is 11.9 Å². The first-order valence-corrected chi connectivity index (χ1v) is 10.8. The number of hydrogen-bond acceptors (Lipinski definition) is 4. The largest absolute Gasteiger partial charge is 0.334 e. The number of carbonyl (C=O) groups is 3. The Labute approximate surface area is 188 Å². The molecule has 0 aromatic carbocycles. The van der Waals surface area contributed by atoms with Crippen LogP contribution in [0.2, 0.25) is 0 Å². The number of nitrogens with zero attached hydrogens (tertiary/aromatic N) is 3. The number of rotatable bonds is 10. The summed E-state index contributed by atoms with van der Waals surface area (Å²) in [6, 6.07) is 2.04. The minimum absolute atomic E-state index is 0.0322. The molecule has 4 amide bonds. The Bertz CT molecular complexity index is 934. The summed E-state index contributed by atoms with van der Waals surface area (Å²) in [5.41, 5.74) is 1.59. The quantitative estimate of drug-likeness (QED) is 0.343. The van der Waals surface area contributed by atoms with Crippen LogP contribution in [0.1, 0.15) is 38.3 Å². The Morgan fingerprint density at radius 1 is 1.38 bits per heavy atom. The van der Waals surface area contributed by atoms with Crippen LogP contribution in [0, 0.1) is 5.92 Å². The summed E-state index contributed by atoms with van der Waals surface area (Å²) in [6.45, 7) is 7.77. The second-order valence-electron chi connectivity index (χ2n) is 8.04. The van der Waals surface area contributed by atoms with Crippen LogP contribution in [-0.4, -0.2) is 53.9 Å². The van der Waals surface area contributed by atoms with Gasteiger partial charge in [0.15, 0.2) is 0 Å². The van der Waals surface area contributed by atoms with Crippen molar-refractivity contribution >= 4 is 17.8 Å². The molecule has 2 atom stereocenters. The van der Waals surface area contributed by atoms with Crippen molar-refractivity contribution in [2.45, 2.75) is 38.8 Å². The number of hydrogen-bond donors (Lipinski definition) is 1. The highest BCUT2D eigenvalue weighted by Gasteiger charge is 2.42. The highest BCUT2D eigenvalue weighted by Crippen LogP contribution is 2.35. The molecule has 0 radical (unpaired) electrons. The molecular formula is C24H31N4O4+. The van der Waals surface area contributed by atoms with Gasteiger partial charge in [-0.25, -0.2) is 4.79 Å². The maximum Gasteiger partial charge on any atom is 0.325 e. The van der Waals surface area contributed by atoms with Gasteiger partial charge in [0.2, 0.25) is 18.3 Å². The lowest BCUT2D eigenvalue weighted by Crippen LogP contribution is -2.47. The third kappa shape index (κ3) is 5.25. The average molecular weight is 440 g/mol. The van der Waals surface area contributed by atoms with Gasteiger partial charge >= 0.3 is 6.03 Å². The molecule has 0 bridgehead atoms. The Morgan fingerprint density at radius 3 is 2.62 bits per heavy atom. The summed E-state index contributed by atoms with van der Waals surface area (Å²) in [5, 5.41) is 2.68. The summed E-state index contributed by atoms with van der Waals surface area (Å²) < 4.78 is 1.48. The maximum atomic E-state index is 13.3. The average Bonchev–Trinajstić information content (AvgIpc) is 3.62. The fraction of sp³-hybridized carbons (Fsp3) is 0.417. The van der Waals surface area contributed by atoms with Gasteiger partial charge in [-0.2, -0.15) is 0 Å². The van der Waals surface area contributed by atoms with E-state index in [9.17, 15) is 14.4 Å². The molecule has 0 spiro atoms. The van der Waals surface area contributed by atoms with Gasteiger partial charge in [-0.1, -0.05) is 30.9 Å². The van der Waals surface area contributed by atoms with Crippen molar-refractivity contribution in [2.75, 3.05) is 20.2 Å². The molecule has 1 saturated heterocycles. The number of urea groups is 1. The first-order chi connectivity index (χ1) is 15.4. The molecule has 8 heteroatoms. The first kappa shape index (κ1) is 23.2. The van der Waals surface area contributed by atoms with Crippen LogP contribution in [0.4, 0.5) is 4.79 Å². The van der Waals surface area contributed by atoms with E-state index in [1.54, 1.807) is 35.5 Å². The van der Waals surface area contributed by atoms with E-state index in [4.69, 9.17) is 4.84 Å². The number of imide groups is 1. The van der Waals surface area contributed by atoms with Crippen molar-refractivity contribution in [3.05, 3.63) is 66.5 Å². The van der Waals surface area contributed by atoms with E-state index in [1.807, 2.05) is 32.1 Å². The zero-order valence-electron chi connectivity index (χ0n) is 18.9. The summed E-state index contributed by atoms with van der Waals surface area (Å²) in [7, 11) is 1.52. The smallest absolute Gasteiger partial charge is 0.325 e. The molecule has 32 heavy (non-hydrogen) atoms. The number of amides is 4. The highest BCUT2D eigenvalue weighted by atomic mass is 16.6. The van der Waals surface area contributed by atoms with Gasteiger partial charge in [0.05, 0.1) is 0 Å². The Morgan fingerprint density at radius 2 is 2.06 bits per heavy atom. The molecule has 1 aliphatic carbocycles. The van der Waals surface area contributed by atoms with Gasteiger partial charge in [0.1, 0.15) is 19.7 Å². The molecule has 2 fully saturated rings. The van der Waals surface area contributed by atoms with Crippen LogP contribution in [0.25, 0.3) is 0 Å². The number of allylic oxidation sites excluding steroid dienone is 3. The van der Waals surface area contributed by atoms with Crippen LogP contribution in [0.3, 0.4) is 0 Å². The van der Waals surface area contributed by atoms with Crippen LogP contribution < -0.4 is 14.9 Å². The van der Waals surface area contributed by atoms with Crippen molar-refractivity contribution in [1.82, 2.24) is 15.1 Å². The van der Waals surface area contributed by atoms with Gasteiger partial charge in [-0.15, -0.1) is 0 Å². The number of pyridine rings is 1. The predicted octanol–water partition coefficient (Wildman–Crippen LogP) is 1.94. The molecule has 1 aromatic heterocycles. The fourth-order valence-corrected chi connectivity index (χ4v) is 3.78. The van der Waals surface area contributed by atoms with Crippen LogP contribution >= 0.6 is 0 Å². The summed E-state index contributed by atoms with van der Waals surface area (Å²) in [5.74, 6) is -0.228. The van der Waals surface area contributed by atoms with Crippen molar-refractivity contribution in [3.63, 3.8) is 0 Å². The van der Waals surface area contributed by atoms with Gasteiger partial charge in [-0.05, 0) is 43.7 Å². The minimum Gasteiger partial charge on any atom is -0.334 e. The first-order valence-electron chi connectivity index (χ1n) is 10.8. The topological polar surface area (TPSA) is 82.8 Å². The van der Waals surface area contributed by atoms with E-state index >= 15 is 0 Å². The lowest BCUT2D eigenvalue weighted by molar-refractivity contribution is -0.885. The van der Waals surface area contributed by atoms with Gasteiger partial charge < -0.3 is 10.2 Å². The number of aromatic nitrogens is 1. The fourth-order valence-electron chi connectivity index (χ4n) is 3.78. The van der Waals surface area contributed by atoms with Crippen LogP contribution in [0.15, 0.2) is 61.0 Å². The lowest BCUT2D eigenvalue weighted by atomic mass is 10.1. The van der Waals surface area contributed by atoms with Crippen LogP contribution in [-0.2, 0) is 9.59 Å². The molecule has 8 nitrogen and oxygen atoms in total. The molecule has 2 aliphatic rings. The van der Waals surface area contributed by atoms with Crippen molar-refractivity contribution < 1.29 is 24.0 Å². The molecule has 1 aromatic rings. The SMILES string of the molecule is C=C/C=C\C(=C/C)CN(C(=O)CN1C(=O)NC(c2cc[n+](OC)cc2)C1=O)C(C)C1CC1. The summed E-state index contributed by atoms with van der Waals surface area (Å²) >= 11 is 0. The predicted molar refractivity (Wildman–Crippen MR) is 119 cm³/mol. The molecule has 3 rings (SSSR count). The normalized spacial score (nSPS) is 19.8. The zero-order valence-corrected chi connectivity index (χ0v) is 18.9. The number of carbonyl (C=O) groups excluding carboxylic acids is 3. The van der Waals surface area contributed by atoms with E-state index in [0.717, 1.165) is 23.3 Å². The lowest BCUT2D eigenvalue weighted by Gasteiger charge is -2.31. The Kier molecular flexibility index (Phi) is 7.45. The molecule has 1 saturated carbocycles. The van der Waals surface area contributed by atoms with Crippen molar-refractivity contribution in [2.24, 2.45) is 5.92 Å². The van der Waals surface area contributed by atoms with E-state index in [-0.39, 0.29) is 18.5 Å². The van der Waals surface area contributed by atoms with E-state index in [1.165, 1.54) is 11.8 Å². The molecule has 2 heterocycles. The second kappa shape index (κ2) is 10.3. The van der Waals surface area contributed by atoms with Gasteiger partial charge in [0.25, 0.3) is 5.91 Å². The summed E-state index contributed by atoms with van der Waals surface area (Å²) in [4.78, 5) is 46.6. The molecule has 2 unspecified atom stereocenters. The van der Waals surface area contributed by atoms with Crippen LogP contribution in [0.5, 0.6) is 0 Å². The van der Waals surface area contributed by atoms with Gasteiger partial charge in [-0.3, -0.25) is 19.3 Å². The van der Waals surface area contributed by atoms with E-state index in [0.29, 0.717) is 18.0 Å². The Hall–Kier alpha value is -3.42. The minimum atomic E-state index is -0.822. The maximum absolute atomic E-state index is 13.3. The van der Waals surface area contributed by atoms with Gasteiger partial charge in [0, 0.05) is 29.4 Å². The zero-order chi connectivity index (χ0) is 23.3. The molecule has 170 valence electrons. The third-order valence-electron chi connectivity index (χ3n) is 5.98. The van der Waals surface area contributed by atoms with Crippen molar-refractivity contribution in [3.8, 4) is 0 Å². The van der Waals surface area contributed by atoms with Crippen molar-refractivity contribution in [1.29, 1.82) is 0 Å². The number of nitrogens with one attached hydrogen (secondary N) is 1. The second-order valence-corrected chi connectivity index (χ2v) is 8.04. The molecule has 1 N–H and O–H groups in total. The molecule has 1 aliphatic heterocycles.